The minimum atomic E-state index is -0.906. The Morgan fingerprint density at radius 1 is 1.11 bits per heavy atom. The molecule has 0 bridgehead atoms. The first-order valence-electron chi connectivity index (χ1n) is 8.88. The van der Waals surface area contributed by atoms with Gasteiger partial charge in [-0.25, -0.2) is 9.67 Å². The number of carbonyl (C=O) groups is 1. The van der Waals surface area contributed by atoms with Gasteiger partial charge in [0, 0.05) is 17.7 Å². The lowest BCUT2D eigenvalue weighted by Gasteiger charge is -2.07. The van der Waals surface area contributed by atoms with Crippen molar-refractivity contribution in [2.24, 2.45) is 0 Å². The van der Waals surface area contributed by atoms with Crippen LogP contribution in [0.25, 0.3) is 21.8 Å². The molecule has 0 amide bonds. The first-order chi connectivity index (χ1) is 13.6. The smallest absolute Gasteiger partial charge is 0.323 e. The van der Waals surface area contributed by atoms with Crippen LogP contribution in [0.3, 0.4) is 0 Å². The molecule has 0 unspecified atom stereocenters. The second kappa shape index (κ2) is 7.85. The molecule has 0 radical (unpaired) electrons. The largest absolute Gasteiger partial charge is 0.480 e. The molecule has 2 heterocycles. The molecule has 2 aromatic heterocycles. The van der Waals surface area contributed by atoms with E-state index in [9.17, 15) is 14.7 Å². The number of carboxylic acid groups (broad SMARTS) is 1. The SMILES string of the molecule is O=C(O)Cn1c(SCCCn2ncc3ccccc3c2=O)nc2ccccc21. The van der Waals surface area contributed by atoms with Crippen molar-refractivity contribution in [1.29, 1.82) is 0 Å². The highest BCUT2D eigenvalue weighted by atomic mass is 32.2. The van der Waals surface area contributed by atoms with Crippen LogP contribution in [-0.4, -0.2) is 36.2 Å². The van der Waals surface area contributed by atoms with Gasteiger partial charge in [0.15, 0.2) is 5.16 Å². The van der Waals surface area contributed by atoms with Gasteiger partial charge in [-0.1, -0.05) is 42.1 Å². The van der Waals surface area contributed by atoms with E-state index in [0.29, 0.717) is 29.3 Å². The number of aliphatic carboxylic acids is 1. The molecule has 0 atom stereocenters. The van der Waals surface area contributed by atoms with Crippen LogP contribution in [-0.2, 0) is 17.9 Å². The number of aryl methyl sites for hydroxylation is 1. The Hall–Kier alpha value is -3.13. The summed E-state index contributed by atoms with van der Waals surface area (Å²) in [5, 5.41) is 15.6. The van der Waals surface area contributed by atoms with E-state index in [4.69, 9.17) is 0 Å². The van der Waals surface area contributed by atoms with Crippen molar-refractivity contribution < 1.29 is 9.90 Å². The highest BCUT2D eigenvalue weighted by molar-refractivity contribution is 7.99. The molecule has 28 heavy (non-hydrogen) atoms. The maximum atomic E-state index is 12.5. The van der Waals surface area contributed by atoms with Crippen molar-refractivity contribution in [1.82, 2.24) is 19.3 Å². The number of hydrogen-bond acceptors (Lipinski definition) is 5. The van der Waals surface area contributed by atoms with Crippen molar-refractivity contribution >= 4 is 39.5 Å². The van der Waals surface area contributed by atoms with E-state index in [0.717, 1.165) is 16.4 Å². The Kier molecular flexibility index (Phi) is 5.12. The van der Waals surface area contributed by atoms with E-state index in [2.05, 4.69) is 10.1 Å². The maximum Gasteiger partial charge on any atom is 0.323 e. The Morgan fingerprint density at radius 2 is 1.89 bits per heavy atom. The molecule has 0 aliphatic heterocycles. The van der Waals surface area contributed by atoms with Crippen molar-refractivity contribution in [2.75, 3.05) is 5.75 Å². The summed E-state index contributed by atoms with van der Waals surface area (Å²) in [6, 6.07) is 14.9. The lowest BCUT2D eigenvalue weighted by molar-refractivity contribution is -0.137. The maximum absolute atomic E-state index is 12.5. The van der Waals surface area contributed by atoms with Crippen LogP contribution in [0, 0.1) is 0 Å². The van der Waals surface area contributed by atoms with E-state index in [-0.39, 0.29) is 12.1 Å². The molecule has 8 heteroatoms. The van der Waals surface area contributed by atoms with Gasteiger partial charge >= 0.3 is 5.97 Å². The average Bonchev–Trinajstić information content (AvgIpc) is 3.04. The van der Waals surface area contributed by atoms with Crippen molar-refractivity contribution in [2.45, 2.75) is 24.7 Å². The summed E-state index contributed by atoms with van der Waals surface area (Å²) in [7, 11) is 0. The minimum absolute atomic E-state index is 0.0961. The summed E-state index contributed by atoms with van der Waals surface area (Å²) in [4.78, 5) is 28.3. The molecule has 2 aromatic carbocycles. The number of para-hydroxylation sites is 2. The van der Waals surface area contributed by atoms with Crippen LogP contribution in [0.4, 0.5) is 0 Å². The van der Waals surface area contributed by atoms with E-state index < -0.39 is 5.97 Å². The fraction of sp³-hybridized carbons (Fsp3) is 0.200. The van der Waals surface area contributed by atoms with E-state index in [1.807, 2.05) is 42.5 Å². The van der Waals surface area contributed by atoms with Gasteiger partial charge in [0.05, 0.1) is 22.6 Å². The molecule has 0 aliphatic rings. The predicted molar refractivity (Wildman–Crippen MR) is 109 cm³/mol. The molecule has 7 nitrogen and oxygen atoms in total. The Balaban J connectivity index is 1.47. The van der Waals surface area contributed by atoms with E-state index in [1.54, 1.807) is 16.8 Å². The van der Waals surface area contributed by atoms with Gasteiger partial charge in [0.1, 0.15) is 6.54 Å². The molecule has 4 rings (SSSR count). The highest BCUT2D eigenvalue weighted by Gasteiger charge is 2.13. The number of benzene rings is 2. The van der Waals surface area contributed by atoms with Gasteiger partial charge < -0.3 is 9.67 Å². The number of hydrogen-bond donors (Lipinski definition) is 1. The van der Waals surface area contributed by atoms with Crippen LogP contribution in [0.2, 0.25) is 0 Å². The molecule has 0 saturated heterocycles. The van der Waals surface area contributed by atoms with Gasteiger partial charge in [0.2, 0.25) is 0 Å². The summed E-state index contributed by atoms with van der Waals surface area (Å²) in [6.07, 6.45) is 2.42. The topological polar surface area (TPSA) is 90.0 Å². The molecule has 0 spiro atoms. The fourth-order valence-electron chi connectivity index (χ4n) is 3.12. The lowest BCUT2D eigenvalue weighted by Crippen LogP contribution is -2.23. The second-order valence-corrected chi connectivity index (χ2v) is 7.39. The molecular weight excluding hydrogens is 376 g/mol. The number of thioether (sulfide) groups is 1. The van der Waals surface area contributed by atoms with E-state index in [1.165, 1.54) is 16.4 Å². The van der Waals surface area contributed by atoms with Crippen LogP contribution in [0.1, 0.15) is 6.42 Å². The highest BCUT2D eigenvalue weighted by Crippen LogP contribution is 2.24. The minimum Gasteiger partial charge on any atom is -0.480 e. The molecule has 1 N–H and O–H groups in total. The second-order valence-electron chi connectivity index (χ2n) is 6.33. The summed E-state index contributed by atoms with van der Waals surface area (Å²) in [5.74, 6) is -0.207. The Labute approximate surface area is 164 Å². The number of carboxylic acids is 1. The third-order valence-electron chi connectivity index (χ3n) is 4.42. The Bertz CT molecular complexity index is 1220. The number of aromatic nitrogens is 4. The molecule has 0 saturated carbocycles. The zero-order valence-electron chi connectivity index (χ0n) is 15.0. The van der Waals surface area contributed by atoms with Gasteiger partial charge in [-0.2, -0.15) is 5.10 Å². The number of rotatable bonds is 7. The first-order valence-corrected chi connectivity index (χ1v) is 9.87. The van der Waals surface area contributed by atoms with Crippen LogP contribution in [0.5, 0.6) is 0 Å². The van der Waals surface area contributed by atoms with E-state index >= 15 is 0 Å². The van der Waals surface area contributed by atoms with Crippen molar-refractivity contribution in [3.8, 4) is 0 Å². The fourth-order valence-corrected chi connectivity index (χ4v) is 4.05. The van der Waals surface area contributed by atoms with Crippen LogP contribution < -0.4 is 5.56 Å². The summed E-state index contributed by atoms with van der Waals surface area (Å²) >= 11 is 1.49. The van der Waals surface area contributed by atoms with Gasteiger partial charge in [0.25, 0.3) is 5.56 Å². The van der Waals surface area contributed by atoms with Crippen LogP contribution in [0.15, 0.2) is 64.7 Å². The predicted octanol–water partition coefficient (Wildman–Crippen LogP) is 3.01. The summed E-state index contributed by atoms with van der Waals surface area (Å²) in [5.41, 5.74) is 1.49. The third kappa shape index (κ3) is 3.63. The molecule has 0 fully saturated rings. The standard InChI is InChI=1S/C20H18N4O3S/c25-18(26)13-23-17-9-4-3-8-16(17)22-20(23)28-11-5-10-24-19(27)15-7-2-1-6-14(15)12-21-24/h1-4,6-9,12H,5,10-11,13H2,(H,25,26). The molecule has 4 aromatic rings. The Morgan fingerprint density at radius 3 is 2.75 bits per heavy atom. The average molecular weight is 394 g/mol. The third-order valence-corrected chi connectivity index (χ3v) is 5.48. The number of fused-ring (bicyclic) bond motifs is 2. The van der Waals surface area contributed by atoms with Crippen LogP contribution >= 0.6 is 11.8 Å². The molecule has 142 valence electrons. The lowest BCUT2D eigenvalue weighted by atomic mass is 10.2. The van der Waals surface area contributed by atoms with Gasteiger partial charge in [-0.05, 0) is 24.6 Å². The van der Waals surface area contributed by atoms with Gasteiger partial charge in [-0.15, -0.1) is 0 Å². The normalized spacial score (nSPS) is 11.3. The van der Waals surface area contributed by atoms with Crippen molar-refractivity contribution in [3.05, 3.63) is 65.1 Å². The quantitative estimate of drug-likeness (QED) is 0.383. The van der Waals surface area contributed by atoms with Gasteiger partial charge in [-0.3, -0.25) is 9.59 Å². The number of imidazole rings is 1. The molecule has 0 aliphatic carbocycles. The zero-order valence-corrected chi connectivity index (χ0v) is 15.8. The molecular formula is C20H18N4O3S. The monoisotopic (exact) mass is 394 g/mol. The number of nitrogens with zero attached hydrogens (tertiary/aromatic N) is 4. The first kappa shape index (κ1) is 18.2. The summed E-state index contributed by atoms with van der Waals surface area (Å²) in [6.45, 7) is 0.365. The zero-order chi connectivity index (χ0) is 19.5. The van der Waals surface area contributed by atoms with Crippen molar-refractivity contribution in [3.63, 3.8) is 0 Å². The summed E-state index contributed by atoms with van der Waals surface area (Å²) < 4.78 is 3.19.